The van der Waals surface area contributed by atoms with E-state index in [4.69, 9.17) is 0 Å². The van der Waals surface area contributed by atoms with Crippen molar-refractivity contribution in [2.75, 3.05) is 26.7 Å². The van der Waals surface area contributed by atoms with Gasteiger partial charge in [0.05, 0.1) is 5.56 Å². The van der Waals surface area contributed by atoms with Crippen molar-refractivity contribution < 1.29 is 18.0 Å². The standard InChI is InChI=1S/C22H27F3N4O.HI/c1-3-27-21(28-13-11-16-7-9-19(10-8-16)22(23,24)25)29-14-12-17-5-4-6-18(15-17)20(30)26-2;/h4-10,15H,3,11-14H2,1-2H3,(H,26,30)(H2,27,28,29);1H. The van der Waals surface area contributed by atoms with Crippen molar-refractivity contribution in [3.8, 4) is 0 Å². The number of nitrogens with zero attached hydrogens (tertiary/aromatic N) is 1. The van der Waals surface area contributed by atoms with E-state index in [2.05, 4.69) is 20.9 Å². The Morgan fingerprint density at radius 2 is 1.71 bits per heavy atom. The summed E-state index contributed by atoms with van der Waals surface area (Å²) in [5, 5.41) is 8.99. The first-order chi connectivity index (χ1) is 14.3. The molecule has 2 aromatic rings. The van der Waals surface area contributed by atoms with Gasteiger partial charge < -0.3 is 16.0 Å². The average Bonchev–Trinajstić information content (AvgIpc) is 2.73. The lowest BCUT2D eigenvalue weighted by Gasteiger charge is -2.12. The van der Waals surface area contributed by atoms with Crippen LogP contribution in [0.2, 0.25) is 0 Å². The van der Waals surface area contributed by atoms with Gasteiger partial charge in [-0.3, -0.25) is 9.79 Å². The van der Waals surface area contributed by atoms with Crippen molar-refractivity contribution in [1.29, 1.82) is 0 Å². The van der Waals surface area contributed by atoms with E-state index in [1.54, 1.807) is 13.1 Å². The van der Waals surface area contributed by atoms with E-state index >= 15 is 0 Å². The normalized spacial score (nSPS) is 11.5. The summed E-state index contributed by atoms with van der Waals surface area (Å²) < 4.78 is 37.9. The number of amides is 1. The Labute approximate surface area is 197 Å². The number of carbonyl (C=O) groups is 1. The first-order valence-electron chi connectivity index (χ1n) is 9.82. The minimum Gasteiger partial charge on any atom is -0.357 e. The highest BCUT2D eigenvalue weighted by molar-refractivity contribution is 14.0. The van der Waals surface area contributed by atoms with Crippen LogP contribution in [0.4, 0.5) is 13.2 Å². The van der Waals surface area contributed by atoms with Gasteiger partial charge in [0.15, 0.2) is 5.96 Å². The third-order valence-electron chi connectivity index (χ3n) is 4.42. The van der Waals surface area contributed by atoms with Crippen molar-refractivity contribution >= 4 is 35.8 Å². The highest BCUT2D eigenvalue weighted by atomic mass is 127. The van der Waals surface area contributed by atoms with Crippen molar-refractivity contribution in [1.82, 2.24) is 16.0 Å². The fourth-order valence-corrected chi connectivity index (χ4v) is 2.84. The van der Waals surface area contributed by atoms with E-state index in [-0.39, 0.29) is 29.9 Å². The fraction of sp³-hybridized carbons (Fsp3) is 0.364. The van der Waals surface area contributed by atoms with Crippen LogP contribution in [-0.4, -0.2) is 38.5 Å². The third kappa shape index (κ3) is 9.16. The van der Waals surface area contributed by atoms with Crippen LogP contribution in [0.25, 0.3) is 0 Å². The topological polar surface area (TPSA) is 65.5 Å². The second kappa shape index (κ2) is 13.2. The Morgan fingerprint density at radius 1 is 1.00 bits per heavy atom. The molecule has 0 bridgehead atoms. The van der Waals surface area contributed by atoms with Gasteiger partial charge in [0.25, 0.3) is 5.91 Å². The molecule has 3 N–H and O–H groups in total. The lowest BCUT2D eigenvalue weighted by Crippen LogP contribution is -2.38. The molecule has 0 unspecified atom stereocenters. The number of carbonyl (C=O) groups excluding carboxylic acids is 1. The molecule has 170 valence electrons. The molecule has 2 aromatic carbocycles. The van der Waals surface area contributed by atoms with E-state index in [9.17, 15) is 18.0 Å². The average molecular weight is 548 g/mol. The van der Waals surface area contributed by atoms with E-state index in [0.717, 1.165) is 23.3 Å². The molecule has 0 aromatic heterocycles. The lowest BCUT2D eigenvalue weighted by atomic mass is 10.1. The van der Waals surface area contributed by atoms with Crippen LogP contribution < -0.4 is 16.0 Å². The Morgan fingerprint density at radius 3 is 2.32 bits per heavy atom. The van der Waals surface area contributed by atoms with Gasteiger partial charge in [-0.2, -0.15) is 13.2 Å². The molecule has 31 heavy (non-hydrogen) atoms. The lowest BCUT2D eigenvalue weighted by molar-refractivity contribution is -0.137. The SMILES string of the molecule is CCNC(=NCCc1ccc(C(F)(F)F)cc1)NCCc1cccc(C(=O)NC)c1.I. The summed E-state index contributed by atoms with van der Waals surface area (Å²) in [6.07, 6.45) is -3.06. The minimum absolute atomic E-state index is 0. The van der Waals surface area contributed by atoms with Crippen LogP contribution in [0.5, 0.6) is 0 Å². The smallest absolute Gasteiger partial charge is 0.357 e. The number of aliphatic imine (C=N–C) groups is 1. The molecule has 0 fully saturated rings. The summed E-state index contributed by atoms with van der Waals surface area (Å²) in [6.45, 7) is 3.73. The van der Waals surface area contributed by atoms with E-state index in [0.29, 0.717) is 44.0 Å². The van der Waals surface area contributed by atoms with Gasteiger partial charge in [0, 0.05) is 32.2 Å². The Kier molecular flexibility index (Phi) is 11.4. The Bertz CT molecular complexity index is 855. The molecular weight excluding hydrogens is 520 g/mol. The van der Waals surface area contributed by atoms with Gasteiger partial charge in [-0.25, -0.2) is 0 Å². The highest BCUT2D eigenvalue weighted by Gasteiger charge is 2.29. The first-order valence-corrected chi connectivity index (χ1v) is 9.82. The Balaban J connectivity index is 0.00000480. The third-order valence-corrected chi connectivity index (χ3v) is 4.42. The fourth-order valence-electron chi connectivity index (χ4n) is 2.84. The predicted molar refractivity (Wildman–Crippen MR) is 128 cm³/mol. The van der Waals surface area contributed by atoms with E-state index in [1.807, 2.05) is 25.1 Å². The predicted octanol–water partition coefficient (Wildman–Crippen LogP) is 4.02. The molecule has 0 atom stereocenters. The van der Waals surface area contributed by atoms with Gasteiger partial charge in [-0.15, -0.1) is 24.0 Å². The molecule has 0 heterocycles. The van der Waals surface area contributed by atoms with Crippen LogP contribution in [0.15, 0.2) is 53.5 Å². The molecule has 0 radical (unpaired) electrons. The molecular formula is C22H28F3IN4O. The van der Waals surface area contributed by atoms with E-state index < -0.39 is 11.7 Å². The molecule has 0 saturated carbocycles. The molecule has 2 rings (SSSR count). The van der Waals surface area contributed by atoms with Crippen molar-refractivity contribution in [3.63, 3.8) is 0 Å². The number of halogens is 4. The Hall–Kier alpha value is -2.30. The summed E-state index contributed by atoms with van der Waals surface area (Å²) in [6, 6.07) is 12.6. The summed E-state index contributed by atoms with van der Waals surface area (Å²) in [5.41, 5.74) is 1.80. The van der Waals surface area contributed by atoms with Crippen LogP contribution in [0.3, 0.4) is 0 Å². The quantitative estimate of drug-likeness (QED) is 0.265. The van der Waals surface area contributed by atoms with Crippen LogP contribution >= 0.6 is 24.0 Å². The molecule has 0 aliphatic rings. The maximum absolute atomic E-state index is 12.6. The molecule has 0 aliphatic carbocycles. The molecule has 0 aliphatic heterocycles. The second-order valence-corrected chi connectivity index (χ2v) is 6.66. The largest absolute Gasteiger partial charge is 0.416 e. The number of nitrogens with one attached hydrogen (secondary N) is 3. The molecule has 0 saturated heterocycles. The number of rotatable bonds is 8. The highest BCUT2D eigenvalue weighted by Crippen LogP contribution is 2.29. The van der Waals surface area contributed by atoms with Gasteiger partial charge in [-0.1, -0.05) is 24.3 Å². The van der Waals surface area contributed by atoms with Gasteiger partial charge >= 0.3 is 6.18 Å². The summed E-state index contributed by atoms with van der Waals surface area (Å²) >= 11 is 0. The van der Waals surface area contributed by atoms with Gasteiger partial charge in [0.1, 0.15) is 0 Å². The van der Waals surface area contributed by atoms with Crippen LogP contribution in [-0.2, 0) is 19.0 Å². The summed E-state index contributed by atoms with van der Waals surface area (Å²) in [7, 11) is 1.60. The number of guanidine groups is 1. The van der Waals surface area contributed by atoms with Crippen molar-refractivity contribution in [3.05, 3.63) is 70.8 Å². The van der Waals surface area contributed by atoms with Gasteiger partial charge in [-0.05, 0) is 55.2 Å². The summed E-state index contributed by atoms with van der Waals surface area (Å²) in [4.78, 5) is 16.2. The zero-order chi connectivity index (χ0) is 22.0. The molecule has 1 amide bonds. The number of hydrogen-bond donors (Lipinski definition) is 3. The minimum atomic E-state index is -4.32. The molecule has 9 heteroatoms. The zero-order valence-corrected chi connectivity index (χ0v) is 19.9. The number of benzene rings is 2. The summed E-state index contributed by atoms with van der Waals surface area (Å²) in [5.74, 6) is 0.523. The van der Waals surface area contributed by atoms with Gasteiger partial charge in [0.2, 0.25) is 0 Å². The first kappa shape index (κ1) is 26.7. The zero-order valence-electron chi connectivity index (χ0n) is 17.6. The number of alkyl halides is 3. The maximum atomic E-state index is 12.6. The van der Waals surface area contributed by atoms with Crippen molar-refractivity contribution in [2.45, 2.75) is 25.9 Å². The monoisotopic (exact) mass is 548 g/mol. The van der Waals surface area contributed by atoms with Crippen LogP contribution in [0.1, 0.15) is 34.0 Å². The maximum Gasteiger partial charge on any atom is 0.416 e. The number of hydrogen-bond acceptors (Lipinski definition) is 2. The van der Waals surface area contributed by atoms with Crippen molar-refractivity contribution in [2.24, 2.45) is 4.99 Å². The second-order valence-electron chi connectivity index (χ2n) is 6.66. The molecule has 5 nitrogen and oxygen atoms in total. The van der Waals surface area contributed by atoms with Crippen LogP contribution in [0, 0.1) is 0 Å². The van der Waals surface area contributed by atoms with E-state index in [1.165, 1.54) is 12.1 Å². The molecule has 0 spiro atoms.